The second kappa shape index (κ2) is 16.0. The van der Waals surface area contributed by atoms with Gasteiger partial charge in [-0.25, -0.2) is 4.79 Å². The number of phenolic OH excluding ortho intramolecular Hbond substituents is 1. The molecule has 0 fully saturated rings. The van der Waals surface area contributed by atoms with E-state index in [1.54, 1.807) is 49.9 Å². The highest BCUT2D eigenvalue weighted by Gasteiger charge is 2.37. The fourth-order valence-electron chi connectivity index (χ4n) is 4.79. The van der Waals surface area contributed by atoms with E-state index in [0.29, 0.717) is 13.0 Å². The third kappa shape index (κ3) is 11.1. The van der Waals surface area contributed by atoms with Gasteiger partial charge in [-0.05, 0) is 76.3 Å². The molecule has 8 heteroatoms. The van der Waals surface area contributed by atoms with E-state index in [1.165, 1.54) is 0 Å². The summed E-state index contributed by atoms with van der Waals surface area (Å²) in [6, 6.07) is 12.2. The Morgan fingerprint density at radius 1 is 0.951 bits per heavy atom. The van der Waals surface area contributed by atoms with Crippen LogP contribution in [0.4, 0.5) is 4.79 Å². The lowest BCUT2D eigenvalue weighted by Crippen LogP contribution is -2.54. The second-order valence-electron chi connectivity index (χ2n) is 11.8. The summed E-state index contributed by atoms with van der Waals surface area (Å²) >= 11 is 0. The molecule has 2 aromatic carbocycles. The molecule has 0 aliphatic carbocycles. The number of rotatable bonds is 14. The Kier molecular flexibility index (Phi) is 13.2. The van der Waals surface area contributed by atoms with Crippen LogP contribution < -0.4 is 10.6 Å². The number of hydrogen-bond acceptors (Lipinski definition) is 5. The Bertz CT molecular complexity index is 1130. The number of aryl methyl sites for hydroxylation is 1. The molecule has 0 aliphatic rings. The van der Waals surface area contributed by atoms with E-state index in [1.807, 2.05) is 38.1 Å². The van der Waals surface area contributed by atoms with Gasteiger partial charge in [0.25, 0.3) is 0 Å². The highest BCUT2D eigenvalue weighted by atomic mass is 16.6. The number of carbonyl (C=O) groups is 3. The average Bonchev–Trinajstić information content (AvgIpc) is 2.88. The minimum atomic E-state index is -0.997. The Labute approximate surface area is 245 Å². The number of hydrogen-bond donors (Lipinski definition) is 3. The molecule has 0 bridgehead atoms. The van der Waals surface area contributed by atoms with Gasteiger partial charge in [-0.1, -0.05) is 69.5 Å². The van der Waals surface area contributed by atoms with Crippen LogP contribution in [0.2, 0.25) is 0 Å². The van der Waals surface area contributed by atoms with Crippen molar-refractivity contribution in [2.75, 3.05) is 6.54 Å². The Morgan fingerprint density at radius 3 is 2.20 bits per heavy atom. The van der Waals surface area contributed by atoms with Crippen molar-refractivity contribution in [3.8, 4) is 5.75 Å². The second-order valence-corrected chi connectivity index (χ2v) is 11.8. The van der Waals surface area contributed by atoms with Crippen molar-refractivity contribution in [3.05, 3.63) is 65.2 Å². The molecule has 3 unspecified atom stereocenters. The van der Waals surface area contributed by atoms with Crippen LogP contribution in [0, 0.1) is 6.92 Å². The van der Waals surface area contributed by atoms with Gasteiger partial charge in [0, 0.05) is 19.0 Å². The van der Waals surface area contributed by atoms with Crippen molar-refractivity contribution in [3.63, 3.8) is 0 Å². The molecule has 3 N–H and O–H groups in total. The van der Waals surface area contributed by atoms with Crippen molar-refractivity contribution in [1.29, 1.82) is 0 Å². The molecule has 2 rings (SSSR count). The summed E-state index contributed by atoms with van der Waals surface area (Å²) in [5, 5.41) is 15.7. The van der Waals surface area contributed by atoms with E-state index in [0.717, 1.165) is 42.4 Å². The molecule has 8 nitrogen and oxygen atoms in total. The van der Waals surface area contributed by atoms with Crippen LogP contribution in [-0.2, 0) is 20.7 Å². The molecule has 0 aromatic heterocycles. The van der Waals surface area contributed by atoms with Crippen molar-refractivity contribution in [2.24, 2.45) is 0 Å². The van der Waals surface area contributed by atoms with Crippen LogP contribution in [0.25, 0.3) is 0 Å². The first-order valence-electron chi connectivity index (χ1n) is 14.8. The first kappa shape index (κ1) is 33.7. The maximum Gasteiger partial charge on any atom is 0.408 e. The van der Waals surface area contributed by atoms with E-state index in [2.05, 4.69) is 24.5 Å². The first-order valence-corrected chi connectivity index (χ1v) is 14.8. The lowest BCUT2D eigenvalue weighted by atomic mass is 9.96. The van der Waals surface area contributed by atoms with Crippen LogP contribution >= 0.6 is 0 Å². The van der Waals surface area contributed by atoms with Gasteiger partial charge in [0.05, 0.1) is 0 Å². The third-order valence-electron chi connectivity index (χ3n) is 6.80. The number of phenols is 1. The summed E-state index contributed by atoms with van der Waals surface area (Å²) in [7, 11) is 0. The van der Waals surface area contributed by atoms with Gasteiger partial charge in [-0.3, -0.25) is 9.59 Å². The van der Waals surface area contributed by atoms with Gasteiger partial charge in [0.2, 0.25) is 11.8 Å². The molecule has 0 saturated carbocycles. The van der Waals surface area contributed by atoms with Gasteiger partial charge in [0.15, 0.2) is 0 Å². The number of nitrogens with one attached hydrogen (secondary N) is 2. The number of benzene rings is 2. The predicted octanol–water partition coefficient (Wildman–Crippen LogP) is 6.20. The normalized spacial score (nSPS) is 13.5. The SMILES string of the molecule is CCCCCN(C(=O)C(Cc1ccc(O)cc1)NC(=O)OC(C)(C)C)C(C(=O)NC(C)CCC)c1ccccc1C. The number of nitrogens with zero attached hydrogens (tertiary/aromatic N) is 1. The van der Waals surface area contributed by atoms with Gasteiger partial charge >= 0.3 is 6.09 Å². The van der Waals surface area contributed by atoms with Crippen LogP contribution in [0.3, 0.4) is 0 Å². The van der Waals surface area contributed by atoms with E-state index in [4.69, 9.17) is 4.74 Å². The molecule has 3 atom stereocenters. The van der Waals surface area contributed by atoms with Crippen molar-refractivity contribution >= 4 is 17.9 Å². The first-order chi connectivity index (χ1) is 19.4. The zero-order chi connectivity index (χ0) is 30.6. The molecule has 0 heterocycles. The van der Waals surface area contributed by atoms with Gasteiger partial charge in [-0.15, -0.1) is 0 Å². The lowest BCUT2D eigenvalue weighted by molar-refractivity contribution is -0.142. The highest BCUT2D eigenvalue weighted by Crippen LogP contribution is 2.27. The Hall–Kier alpha value is -3.55. The quantitative estimate of drug-likeness (QED) is 0.236. The summed E-state index contributed by atoms with van der Waals surface area (Å²) in [6.07, 6.45) is 3.74. The summed E-state index contributed by atoms with van der Waals surface area (Å²) in [5.41, 5.74) is 1.65. The zero-order valence-corrected chi connectivity index (χ0v) is 25.8. The molecule has 3 amide bonds. The lowest BCUT2D eigenvalue weighted by Gasteiger charge is -2.36. The summed E-state index contributed by atoms with van der Waals surface area (Å²) in [5.74, 6) is -0.507. The van der Waals surface area contributed by atoms with E-state index >= 15 is 0 Å². The van der Waals surface area contributed by atoms with Crippen LogP contribution in [-0.4, -0.2) is 52.1 Å². The molecule has 0 saturated heterocycles. The minimum absolute atomic E-state index is 0.0562. The number of ether oxygens (including phenoxy) is 1. The van der Waals surface area contributed by atoms with E-state index in [9.17, 15) is 19.5 Å². The smallest absolute Gasteiger partial charge is 0.408 e. The summed E-state index contributed by atoms with van der Waals surface area (Å²) in [6.45, 7) is 13.7. The fourth-order valence-corrected chi connectivity index (χ4v) is 4.79. The number of carbonyl (C=O) groups excluding carboxylic acids is 3. The minimum Gasteiger partial charge on any atom is -0.508 e. The highest BCUT2D eigenvalue weighted by molar-refractivity contribution is 5.92. The third-order valence-corrected chi connectivity index (χ3v) is 6.80. The summed E-state index contributed by atoms with van der Waals surface area (Å²) in [4.78, 5) is 43.0. The van der Waals surface area contributed by atoms with Crippen LogP contribution in [0.5, 0.6) is 5.75 Å². The number of amides is 3. The zero-order valence-electron chi connectivity index (χ0n) is 25.8. The molecule has 0 aliphatic heterocycles. The Balaban J connectivity index is 2.58. The molecule has 2 aromatic rings. The molecule has 0 spiro atoms. The summed E-state index contributed by atoms with van der Waals surface area (Å²) < 4.78 is 5.50. The molecule has 226 valence electrons. The maximum absolute atomic E-state index is 14.5. The van der Waals surface area contributed by atoms with Gasteiger partial charge in [-0.2, -0.15) is 0 Å². The number of alkyl carbamates (subject to hydrolysis) is 1. The molecular formula is C33H49N3O5. The van der Waals surface area contributed by atoms with Crippen molar-refractivity contribution in [2.45, 2.75) is 111 Å². The maximum atomic E-state index is 14.5. The Morgan fingerprint density at radius 2 is 1.61 bits per heavy atom. The molecular weight excluding hydrogens is 518 g/mol. The topological polar surface area (TPSA) is 108 Å². The molecule has 41 heavy (non-hydrogen) atoms. The van der Waals surface area contributed by atoms with Crippen molar-refractivity contribution < 1.29 is 24.2 Å². The van der Waals surface area contributed by atoms with E-state index < -0.39 is 23.8 Å². The van der Waals surface area contributed by atoms with Gasteiger partial charge in [0.1, 0.15) is 23.4 Å². The monoisotopic (exact) mass is 567 g/mol. The van der Waals surface area contributed by atoms with Crippen LogP contribution in [0.1, 0.15) is 96.4 Å². The van der Waals surface area contributed by atoms with Crippen LogP contribution in [0.15, 0.2) is 48.5 Å². The number of unbranched alkanes of at least 4 members (excludes halogenated alkanes) is 2. The standard InChI is InChI=1S/C33H49N3O5/c1-8-10-13-21-36(29(27-16-12-11-15-23(27)3)30(38)34-24(4)14-9-2)31(39)28(35-32(40)41-33(5,6)7)22-25-17-19-26(37)20-18-25/h11-12,15-20,24,28-29,37H,8-10,13-14,21-22H2,1-7H3,(H,34,38)(H,35,40). The van der Waals surface area contributed by atoms with E-state index in [-0.39, 0.29) is 30.0 Å². The predicted molar refractivity (Wildman–Crippen MR) is 163 cm³/mol. The number of aromatic hydroxyl groups is 1. The fraction of sp³-hybridized carbons (Fsp3) is 0.545. The largest absolute Gasteiger partial charge is 0.508 e. The van der Waals surface area contributed by atoms with Crippen molar-refractivity contribution in [1.82, 2.24) is 15.5 Å². The average molecular weight is 568 g/mol. The molecule has 0 radical (unpaired) electrons. The van der Waals surface area contributed by atoms with Gasteiger partial charge < -0.3 is 25.4 Å².